The monoisotopic (exact) mass is 570 g/mol. The Morgan fingerprint density at radius 3 is 2.51 bits per heavy atom. The average molecular weight is 571 g/mol. The summed E-state index contributed by atoms with van der Waals surface area (Å²) in [6.07, 6.45) is 5.02. The number of pyridine rings is 1. The summed E-state index contributed by atoms with van der Waals surface area (Å²) in [7, 11) is 3.53. The van der Waals surface area contributed by atoms with Gasteiger partial charge in [-0.25, -0.2) is 13.8 Å². The fourth-order valence-corrected chi connectivity index (χ4v) is 6.81. The molecule has 2 heterocycles. The van der Waals surface area contributed by atoms with E-state index in [4.69, 9.17) is 22.1 Å². The normalized spacial score (nSPS) is 17.4. The number of rotatable bonds is 7. The average Bonchev–Trinajstić information content (AvgIpc) is 3.31. The molecule has 5 rings (SSSR count). The Balaban J connectivity index is 1.56. The van der Waals surface area contributed by atoms with Crippen molar-refractivity contribution in [1.82, 2.24) is 15.2 Å². The van der Waals surface area contributed by atoms with Crippen LogP contribution in [0.5, 0.6) is 5.75 Å². The molecular formula is C29H29ClF2N4O2S. The van der Waals surface area contributed by atoms with E-state index in [0.717, 1.165) is 65.8 Å². The molecule has 1 aliphatic rings. The van der Waals surface area contributed by atoms with Crippen LogP contribution >= 0.6 is 22.9 Å². The summed E-state index contributed by atoms with van der Waals surface area (Å²) in [5, 5.41) is 3.21. The van der Waals surface area contributed by atoms with Crippen LogP contribution in [0.4, 0.5) is 14.6 Å². The van der Waals surface area contributed by atoms with Crippen LogP contribution in [-0.4, -0.2) is 42.0 Å². The number of amides is 1. The molecule has 204 valence electrons. The molecule has 39 heavy (non-hydrogen) atoms. The van der Waals surface area contributed by atoms with Gasteiger partial charge in [-0.2, -0.15) is 0 Å². The van der Waals surface area contributed by atoms with Crippen molar-refractivity contribution in [3.8, 4) is 16.9 Å². The molecule has 0 spiro atoms. The number of ether oxygens (including phenoxy) is 1. The Bertz CT molecular complexity index is 1520. The predicted octanol–water partition coefficient (Wildman–Crippen LogP) is 6.66. The standard InChI is InChI=1S/C29H29ClF2N4O2S/c1-34-19-4-6-20(7-5-19)36(29(37)28-26(30)25-21(31)8-9-22(32)27(25)39-28)15-18-13-16(3-10-23(18)38-2)17-11-12-35-24(33)14-17/h3,8-14,19-20,34H,4-7,15H2,1-2H3,(H2,33,35)/t19-,20-. The van der Waals surface area contributed by atoms with E-state index in [0.29, 0.717) is 17.6 Å². The van der Waals surface area contributed by atoms with E-state index in [2.05, 4.69) is 10.3 Å². The van der Waals surface area contributed by atoms with Crippen LogP contribution in [0, 0.1) is 11.6 Å². The fourth-order valence-electron chi connectivity index (χ4n) is 5.30. The molecule has 1 amide bonds. The van der Waals surface area contributed by atoms with Crippen molar-refractivity contribution in [2.24, 2.45) is 0 Å². The Kier molecular flexibility index (Phi) is 8.02. The van der Waals surface area contributed by atoms with Gasteiger partial charge >= 0.3 is 0 Å². The number of benzene rings is 2. The first kappa shape index (κ1) is 27.3. The van der Waals surface area contributed by atoms with Crippen molar-refractivity contribution in [1.29, 1.82) is 0 Å². The number of halogens is 3. The van der Waals surface area contributed by atoms with Crippen LogP contribution in [0.25, 0.3) is 21.2 Å². The molecule has 1 saturated carbocycles. The lowest BCUT2D eigenvalue weighted by Gasteiger charge is -2.37. The maximum Gasteiger partial charge on any atom is 0.266 e. The van der Waals surface area contributed by atoms with Crippen LogP contribution in [0.2, 0.25) is 5.02 Å². The largest absolute Gasteiger partial charge is 0.496 e. The van der Waals surface area contributed by atoms with Crippen molar-refractivity contribution in [3.63, 3.8) is 0 Å². The summed E-state index contributed by atoms with van der Waals surface area (Å²) in [6.45, 7) is 0.237. The summed E-state index contributed by atoms with van der Waals surface area (Å²) in [5.74, 6) is -0.583. The maximum absolute atomic E-state index is 14.6. The van der Waals surface area contributed by atoms with Crippen molar-refractivity contribution in [2.75, 3.05) is 19.9 Å². The second-order valence-electron chi connectivity index (χ2n) is 9.70. The number of hydrogen-bond acceptors (Lipinski definition) is 6. The Hall–Kier alpha value is -3.27. The third kappa shape index (κ3) is 5.44. The van der Waals surface area contributed by atoms with Crippen LogP contribution < -0.4 is 15.8 Å². The number of nitrogen functional groups attached to an aromatic ring is 1. The van der Waals surface area contributed by atoms with Gasteiger partial charge in [0.25, 0.3) is 5.91 Å². The first-order valence-corrected chi connectivity index (χ1v) is 13.9. The number of thiophene rings is 1. The minimum absolute atomic E-state index is 0.0389. The minimum Gasteiger partial charge on any atom is -0.496 e. The zero-order valence-corrected chi connectivity index (χ0v) is 23.2. The molecule has 2 aromatic heterocycles. The van der Waals surface area contributed by atoms with Crippen LogP contribution in [0.3, 0.4) is 0 Å². The van der Waals surface area contributed by atoms with E-state index in [1.807, 2.05) is 31.3 Å². The molecule has 10 heteroatoms. The number of methoxy groups -OCH3 is 1. The fraction of sp³-hybridized carbons (Fsp3) is 0.310. The van der Waals surface area contributed by atoms with Crippen molar-refractivity contribution in [2.45, 2.75) is 44.3 Å². The molecule has 2 aromatic carbocycles. The Labute approximate surface area is 234 Å². The molecule has 0 radical (unpaired) electrons. The van der Waals surface area contributed by atoms with Gasteiger partial charge in [-0.3, -0.25) is 4.79 Å². The van der Waals surface area contributed by atoms with E-state index >= 15 is 0 Å². The predicted molar refractivity (Wildman–Crippen MR) is 152 cm³/mol. The number of nitrogens with one attached hydrogen (secondary N) is 1. The number of nitrogens with zero attached hydrogens (tertiary/aromatic N) is 2. The van der Waals surface area contributed by atoms with Gasteiger partial charge in [0, 0.05) is 30.4 Å². The van der Waals surface area contributed by atoms with Crippen molar-refractivity contribution < 1.29 is 18.3 Å². The number of carbonyl (C=O) groups is 1. The summed E-state index contributed by atoms with van der Waals surface area (Å²) in [6, 6.07) is 11.8. The highest BCUT2D eigenvalue weighted by molar-refractivity contribution is 7.21. The van der Waals surface area contributed by atoms with E-state index in [1.165, 1.54) is 0 Å². The summed E-state index contributed by atoms with van der Waals surface area (Å²) < 4.78 is 34.9. The smallest absolute Gasteiger partial charge is 0.266 e. The molecule has 6 nitrogen and oxygen atoms in total. The third-order valence-corrected chi connectivity index (χ3v) is 9.09. The quantitative estimate of drug-likeness (QED) is 0.260. The Morgan fingerprint density at radius 2 is 1.85 bits per heavy atom. The van der Waals surface area contributed by atoms with Gasteiger partial charge in [0.2, 0.25) is 0 Å². The van der Waals surface area contributed by atoms with Gasteiger partial charge in [0.1, 0.15) is 28.1 Å². The molecule has 1 fully saturated rings. The number of hydrogen-bond donors (Lipinski definition) is 2. The number of anilines is 1. The van der Waals surface area contributed by atoms with Gasteiger partial charge in [0.05, 0.1) is 22.2 Å². The summed E-state index contributed by atoms with van der Waals surface area (Å²) in [4.78, 5) is 20.1. The van der Waals surface area contributed by atoms with Crippen molar-refractivity contribution in [3.05, 3.63) is 75.8 Å². The molecule has 3 N–H and O–H groups in total. The zero-order chi connectivity index (χ0) is 27.7. The van der Waals surface area contributed by atoms with Crippen molar-refractivity contribution >= 4 is 44.7 Å². The first-order valence-electron chi connectivity index (χ1n) is 12.7. The SMILES string of the molecule is CN[C@H]1CC[C@H](N(Cc2cc(-c3ccnc(N)c3)ccc2OC)C(=O)c2sc3c(F)ccc(F)c3c2Cl)CC1. The lowest BCUT2D eigenvalue weighted by molar-refractivity contribution is 0.0604. The van der Waals surface area contributed by atoms with Gasteiger partial charge in [0.15, 0.2) is 0 Å². The third-order valence-electron chi connectivity index (χ3n) is 7.42. The molecule has 0 bridgehead atoms. The lowest BCUT2D eigenvalue weighted by Crippen LogP contribution is -2.44. The number of fused-ring (bicyclic) bond motifs is 1. The number of aromatic nitrogens is 1. The second-order valence-corrected chi connectivity index (χ2v) is 11.1. The van der Waals surface area contributed by atoms with E-state index in [9.17, 15) is 13.6 Å². The highest BCUT2D eigenvalue weighted by Gasteiger charge is 2.33. The first-order chi connectivity index (χ1) is 18.8. The van der Waals surface area contributed by atoms with Gasteiger partial charge < -0.3 is 20.7 Å². The van der Waals surface area contributed by atoms with Gasteiger partial charge in [-0.05, 0) is 80.3 Å². The number of carbonyl (C=O) groups excluding carboxylic acids is 1. The second kappa shape index (κ2) is 11.5. The van der Waals surface area contributed by atoms with E-state index in [-0.39, 0.29) is 38.5 Å². The number of nitrogens with two attached hydrogens (primary N) is 1. The lowest BCUT2D eigenvalue weighted by atomic mass is 9.89. The van der Waals surface area contributed by atoms with Crippen LogP contribution in [0.1, 0.15) is 40.9 Å². The molecule has 0 atom stereocenters. The molecule has 0 saturated heterocycles. The topological polar surface area (TPSA) is 80.5 Å². The molecular weight excluding hydrogens is 542 g/mol. The highest BCUT2D eigenvalue weighted by atomic mass is 35.5. The molecule has 0 aliphatic heterocycles. The van der Waals surface area contributed by atoms with Crippen LogP contribution in [-0.2, 0) is 6.54 Å². The minimum atomic E-state index is -0.654. The summed E-state index contributed by atoms with van der Waals surface area (Å²) >= 11 is 7.43. The van der Waals surface area contributed by atoms with Gasteiger partial charge in [-0.15, -0.1) is 11.3 Å². The highest BCUT2D eigenvalue weighted by Crippen LogP contribution is 2.40. The molecule has 0 unspecified atom stereocenters. The maximum atomic E-state index is 14.6. The van der Waals surface area contributed by atoms with E-state index < -0.39 is 11.6 Å². The molecule has 4 aromatic rings. The van der Waals surface area contributed by atoms with Crippen LogP contribution in [0.15, 0.2) is 48.7 Å². The molecule has 1 aliphatic carbocycles. The van der Waals surface area contributed by atoms with E-state index in [1.54, 1.807) is 24.3 Å². The van der Waals surface area contributed by atoms with Gasteiger partial charge in [-0.1, -0.05) is 17.7 Å². The summed E-state index contributed by atoms with van der Waals surface area (Å²) in [5.41, 5.74) is 8.48. The zero-order valence-electron chi connectivity index (χ0n) is 21.6. The Morgan fingerprint density at radius 1 is 1.13 bits per heavy atom.